The molecular weight excluding hydrogens is 463 g/mol. The minimum atomic E-state index is -1.14. The van der Waals surface area contributed by atoms with Crippen LogP contribution in [0.25, 0.3) is 11.1 Å². The van der Waals surface area contributed by atoms with Crippen LogP contribution >= 0.6 is 0 Å². The summed E-state index contributed by atoms with van der Waals surface area (Å²) < 4.78 is 14.4. The molecule has 3 aromatic rings. The van der Waals surface area contributed by atoms with E-state index in [1.54, 1.807) is 13.0 Å². The van der Waals surface area contributed by atoms with E-state index < -0.39 is 17.7 Å². The lowest BCUT2D eigenvalue weighted by molar-refractivity contribution is -0.112. The minimum Gasteiger partial charge on any atom is -0.505 e. The first-order chi connectivity index (χ1) is 17.3. The maximum atomic E-state index is 14.4. The number of aromatic hydroxyl groups is 1. The summed E-state index contributed by atoms with van der Waals surface area (Å²) in [5, 5.41) is 29.8. The lowest BCUT2D eigenvalue weighted by Gasteiger charge is -2.19. The van der Waals surface area contributed by atoms with E-state index in [-0.39, 0.29) is 28.3 Å². The van der Waals surface area contributed by atoms with Crippen LogP contribution in [0.15, 0.2) is 64.8 Å². The summed E-state index contributed by atoms with van der Waals surface area (Å²) in [4.78, 5) is 24.4. The van der Waals surface area contributed by atoms with Crippen molar-refractivity contribution >= 4 is 34.7 Å². The molecule has 9 heteroatoms. The number of phenols is 1. The Bertz CT molecular complexity index is 1460. The average molecular weight is 487 g/mol. The molecule has 0 saturated heterocycles. The number of hydrogen-bond donors (Lipinski definition) is 3. The summed E-state index contributed by atoms with van der Waals surface area (Å²) in [5.41, 5.74) is 6.46. The fraction of sp³-hybridized carbons (Fsp3) is 0.185. The van der Waals surface area contributed by atoms with E-state index in [0.717, 1.165) is 37.8 Å². The van der Waals surface area contributed by atoms with E-state index in [2.05, 4.69) is 15.6 Å². The van der Waals surface area contributed by atoms with Crippen LogP contribution in [0.5, 0.6) is 5.75 Å². The molecule has 3 N–H and O–H groups in total. The van der Waals surface area contributed by atoms with Crippen LogP contribution < -0.4 is 10.4 Å². The highest BCUT2D eigenvalue weighted by atomic mass is 19.1. The van der Waals surface area contributed by atoms with Gasteiger partial charge in [0.2, 0.25) is 0 Å². The van der Waals surface area contributed by atoms with Crippen molar-refractivity contribution in [1.82, 2.24) is 0 Å². The zero-order valence-corrected chi connectivity index (χ0v) is 19.5. The third kappa shape index (κ3) is 4.31. The van der Waals surface area contributed by atoms with E-state index in [9.17, 15) is 24.2 Å². The van der Waals surface area contributed by atoms with Crippen molar-refractivity contribution in [2.45, 2.75) is 32.6 Å². The number of nitrogens with zero attached hydrogens (tertiary/aromatic N) is 3. The van der Waals surface area contributed by atoms with Crippen LogP contribution in [0.2, 0.25) is 0 Å². The highest BCUT2D eigenvalue weighted by Crippen LogP contribution is 2.37. The number of benzene rings is 3. The molecule has 0 atom stereocenters. The number of nitrogens with one attached hydrogen (secondary N) is 1. The SMILES string of the molecule is CC1=NN(c2ccc3c(c2)CCCC3)C(=O)/C1=N\Nc1cc(F)cc(-c2cccc(C(=O)O)c2)c1O. The van der Waals surface area contributed by atoms with E-state index in [0.29, 0.717) is 17.0 Å². The number of aryl methyl sites for hydroxylation is 2. The zero-order chi connectivity index (χ0) is 25.4. The van der Waals surface area contributed by atoms with Gasteiger partial charge in [0.05, 0.1) is 17.0 Å². The number of carboxylic acid groups (broad SMARTS) is 1. The van der Waals surface area contributed by atoms with Crippen molar-refractivity contribution in [1.29, 1.82) is 0 Å². The van der Waals surface area contributed by atoms with E-state index in [1.807, 2.05) is 18.2 Å². The van der Waals surface area contributed by atoms with Crippen molar-refractivity contribution in [3.05, 3.63) is 77.1 Å². The molecule has 182 valence electrons. The second-order valence-electron chi connectivity index (χ2n) is 8.77. The van der Waals surface area contributed by atoms with Crippen molar-refractivity contribution in [2.75, 3.05) is 10.4 Å². The van der Waals surface area contributed by atoms with Crippen molar-refractivity contribution < 1.29 is 24.2 Å². The number of fused-ring (bicyclic) bond motifs is 1. The molecule has 3 aromatic carbocycles. The molecular formula is C27H23FN4O4. The third-order valence-corrected chi connectivity index (χ3v) is 6.35. The summed E-state index contributed by atoms with van der Waals surface area (Å²) in [6.45, 7) is 1.64. The minimum absolute atomic E-state index is 0.00317. The van der Waals surface area contributed by atoms with Crippen LogP contribution in [-0.2, 0) is 17.6 Å². The van der Waals surface area contributed by atoms with Crippen LogP contribution in [0.3, 0.4) is 0 Å². The Morgan fingerprint density at radius 2 is 1.86 bits per heavy atom. The summed E-state index contributed by atoms with van der Waals surface area (Å²) in [6, 6.07) is 13.8. The predicted molar refractivity (Wildman–Crippen MR) is 135 cm³/mol. The number of carboxylic acids is 1. The third-order valence-electron chi connectivity index (χ3n) is 6.35. The fourth-order valence-electron chi connectivity index (χ4n) is 4.49. The van der Waals surface area contributed by atoms with Crippen molar-refractivity contribution in [2.24, 2.45) is 10.2 Å². The highest BCUT2D eigenvalue weighted by Gasteiger charge is 2.31. The molecule has 0 radical (unpaired) electrons. The van der Waals surface area contributed by atoms with E-state index in [1.165, 1.54) is 34.3 Å². The Balaban J connectivity index is 1.42. The number of phenolic OH excluding ortho intramolecular Hbond substituents is 1. The van der Waals surface area contributed by atoms with Gasteiger partial charge in [0.1, 0.15) is 17.3 Å². The molecule has 1 amide bonds. The maximum Gasteiger partial charge on any atom is 0.335 e. The first-order valence-electron chi connectivity index (χ1n) is 11.5. The van der Waals surface area contributed by atoms with E-state index >= 15 is 0 Å². The molecule has 1 aliphatic heterocycles. The number of rotatable bonds is 5. The van der Waals surface area contributed by atoms with Gasteiger partial charge in [-0.25, -0.2) is 9.18 Å². The molecule has 1 aliphatic carbocycles. The number of aromatic carboxylic acids is 1. The number of amides is 1. The standard InChI is InChI=1S/C27H23FN4O4/c1-15-24(26(34)32(31-15)21-10-9-16-5-2-3-6-17(16)12-21)30-29-23-14-20(28)13-22(25(23)33)18-7-4-8-19(11-18)27(35)36/h4,7-14,29,33H,2-3,5-6H2,1H3,(H,35,36)/b30-24-. The number of carbonyl (C=O) groups excluding carboxylic acids is 1. The molecule has 0 spiro atoms. The number of anilines is 2. The summed E-state index contributed by atoms with van der Waals surface area (Å²) in [7, 11) is 0. The maximum absolute atomic E-state index is 14.4. The Labute approximate surface area is 206 Å². The number of halogens is 1. The van der Waals surface area contributed by atoms with Gasteiger partial charge < -0.3 is 10.2 Å². The zero-order valence-electron chi connectivity index (χ0n) is 19.5. The second-order valence-corrected chi connectivity index (χ2v) is 8.77. The lowest BCUT2D eigenvalue weighted by atomic mass is 9.91. The highest BCUT2D eigenvalue weighted by molar-refractivity contribution is 6.71. The molecule has 1 heterocycles. The fourth-order valence-corrected chi connectivity index (χ4v) is 4.49. The average Bonchev–Trinajstić information content (AvgIpc) is 3.17. The van der Waals surface area contributed by atoms with Crippen molar-refractivity contribution in [3.8, 4) is 16.9 Å². The van der Waals surface area contributed by atoms with Gasteiger partial charge in [-0.05, 0) is 79.6 Å². The van der Waals surface area contributed by atoms with Crippen LogP contribution in [-0.4, -0.2) is 33.5 Å². The van der Waals surface area contributed by atoms with Crippen molar-refractivity contribution in [3.63, 3.8) is 0 Å². The molecule has 5 rings (SSSR count). The molecule has 0 fully saturated rings. The monoisotopic (exact) mass is 486 g/mol. The second kappa shape index (κ2) is 9.26. The molecule has 36 heavy (non-hydrogen) atoms. The van der Waals surface area contributed by atoms with Crippen LogP contribution in [0.1, 0.15) is 41.3 Å². The largest absolute Gasteiger partial charge is 0.505 e. The molecule has 0 bridgehead atoms. The Morgan fingerprint density at radius 3 is 2.64 bits per heavy atom. The van der Waals surface area contributed by atoms with Gasteiger partial charge >= 0.3 is 11.9 Å². The van der Waals surface area contributed by atoms with Gasteiger partial charge in [-0.1, -0.05) is 18.2 Å². The lowest BCUT2D eigenvalue weighted by Crippen LogP contribution is -2.28. The van der Waals surface area contributed by atoms with Gasteiger partial charge in [0.15, 0.2) is 5.71 Å². The Kier molecular flexibility index (Phi) is 5.97. The Morgan fingerprint density at radius 1 is 1.08 bits per heavy atom. The van der Waals surface area contributed by atoms with Crippen LogP contribution in [0.4, 0.5) is 15.8 Å². The van der Waals surface area contributed by atoms with Gasteiger partial charge in [-0.3, -0.25) is 10.2 Å². The van der Waals surface area contributed by atoms with E-state index in [4.69, 9.17) is 0 Å². The van der Waals surface area contributed by atoms with Gasteiger partial charge in [-0.15, -0.1) is 0 Å². The predicted octanol–water partition coefficient (Wildman–Crippen LogP) is 4.97. The van der Waals surface area contributed by atoms with Gasteiger partial charge in [-0.2, -0.15) is 15.2 Å². The molecule has 0 saturated carbocycles. The van der Waals surface area contributed by atoms with Crippen LogP contribution in [0, 0.1) is 5.82 Å². The summed E-state index contributed by atoms with van der Waals surface area (Å²) in [6.07, 6.45) is 4.27. The smallest absolute Gasteiger partial charge is 0.335 e. The number of hydrazone groups is 2. The quantitative estimate of drug-likeness (QED) is 0.348. The van der Waals surface area contributed by atoms with Gasteiger partial charge in [0.25, 0.3) is 0 Å². The normalized spacial score (nSPS) is 16.2. The molecule has 0 unspecified atom stereocenters. The summed E-state index contributed by atoms with van der Waals surface area (Å²) in [5.74, 6) is -2.60. The topological polar surface area (TPSA) is 115 Å². The van der Waals surface area contributed by atoms with Gasteiger partial charge in [0, 0.05) is 11.6 Å². The Hall–Kier alpha value is -4.53. The summed E-state index contributed by atoms with van der Waals surface area (Å²) >= 11 is 0. The number of carbonyl (C=O) groups is 2. The number of hydrogen-bond acceptors (Lipinski definition) is 6. The molecule has 0 aromatic heterocycles. The first-order valence-corrected chi connectivity index (χ1v) is 11.5. The molecule has 2 aliphatic rings. The molecule has 8 nitrogen and oxygen atoms in total. The first kappa shape index (κ1) is 23.2.